The monoisotopic (exact) mass is 377 g/mol. The number of aldehydes is 1. The maximum atomic E-state index is 11.0. The SMILES string of the molecule is CCCCn1c2ccc(I)cc2c2cc(C=O)ccc21. The lowest BCUT2D eigenvalue weighted by atomic mass is 10.1. The molecule has 0 N–H and O–H groups in total. The second-order valence-corrected chi connectivity index (χ2v) is 6.31. The lowest BCUT2D eigenvalue weighted by Crippen LogP contribution is -1.97. The van der Waals surface area contributed by atoms with Gasteiger partial charge in [0, 0.05) is 37.5 Å². The number of halogens is 1. The summed E-state index contributed by atoms with van der Waals surface area (Å²) in [5, 5.41) is 2.42. The molecule has 2 aromatic carbocycles. The summed E-state index contributed by atoms with van der Waals surface area (Å²) in [5.41, 5.74) is 3.23. The Morgan fingerprint density at radius 1 is 1.10 bits per heavy atom. The zero-order valence-electron chi connectivity index (χ0n) is 11.4. The number of rotatable bonds is 4. The number of nitrogens with zero attached hydrogens (tertiary/aromatic N) is 1. The molecule has 1 heterocycles. The molecule has 0 saturated heterocycles. The van der Waals surface area contributed by atoms with Gasteiger partial charge in [0.25, 0.3) is 0 Å². The van der Waals surface area contributed by atoms with E-state index in [2.05, 4.69) is 58.3 Å². The smallest absolute Gasteiger partial charge is 0.150 e. The minimum Gasteiger partial charge on any atom is -0.340 e. The second kappa shape index (κ2) is 5.56. The molecule has 0 saturated carbocycles. The van der Waals surface area contributed by atoms with Gasteiger partial charge in [0.05, 0.1) is 0 Å². The fraction of sp³-hybridized carbons (Fsp3) is 0.235. The summed E-state index contributed by atoms with van der Waals surface area (Å²) in [6, 6.07) is 12.5. The molecule has 0 radical (unpaired) electrons. The molecule has 0 fully saturated rings. The zero-order valence-corrected chi connectivity index (χ0v) is 13.6. The van der Waals surface area contributed by atoms with E-state index in [1.54, 1.807) is 0 Å². The van der Waals surface area contributed by atoms with E-state index < -0.39 is 0 Å². The summed E-state index contributed by atoms with van der Waals surface area (Å²) in [6.07, 6.45) is 3.26. The van der Waals surface area contributed by atoms with Gasteiger partial charge >= 0.3 is 0 Å². The maximum Gasteiger partial charge on any atom is 0.150 e. The predicted octanol–water partition coefficient (Wildman–Crippen LogP) is 5.01. The van der Waals surface area contributed by atoms with Crippen LogP contribution in [0, 0.1) is 3.57 Å². The Morgan fingerprint density at radius 3 is 2.50 bits per heavy atom. The molecule has 3 rings (SSSR count). The number of aryl methyl sites for hydroxylation is 1. The first-order valence-corrected chi connectivity index (χ1v) is 7.99. The van der Waals surface area contributed by atoms with Crippen molar-refractivity contribution in [2.45, 2.75) is 26.3 Å². The van der Waals surface area contributed by atoms with Crippen LogP contribution in [0.4, 0.5) is 0 Å². The minimum absolute atomic E-state index is 0.742. The zero-order chi connectivity index (χ0) is 14.1. The number of unbranched alkanes of at least 4 members (excludes halogenated alkanes) is 1. The molecule has 0 amide bonds. The van der Waals surface area contributed by atoms with Crippen LogP contribution < -0.4 is 0 Å². The number of aromatic nitrogens is 1. The summed E-state index contributed by atoms with van der Waals surface area (Å²) < 4.78 is 3.60. The van der Waals surface area contributed by atoms with Crippen LogP contribution in [0.1, 0.15) is 30.1 Å². The van der Waals surface area contributed by atoms with Gasteiger partial charge in [-0.25, -0.2) is 0 Å². The Bertz CT molecular complexity index is 788. The van der Waals surface area contributed by atoms with Gasteiger partial charge in [-0.2, -0.15) is 0 Å². The van der Waals surface area contributed by atoms with Crippen molar-refractivity contribution in [1.82, 2.24) is 4.57 Å². The van der Waals surface area contributed by atoms with E-state index in [1.807, 2.05) is 12.1 Å². The third kappa shape index (κ3) is 2.24. The summed E-state index contributed by atoms with van der Waals surface area (Å²) in [5.74, 6) is 0. The Hall–Kier alpha value is -1.36. The lowest BCUT2D eigenvalue weighted by Gasteiger charge is -2.06. The van der Waals surface area contributed by atoms with Gasteiger partial charge in [-0.1, -0.05) is 13.3 Å². The number of hydrogen-bond acceptors (Lipinski definition) is 1. The number of benzene rings is 2. The highest BCUT2D eigenvalue weighted by Crippen LogP contribution is 2.31. The van der Waals surface area contributed by atoms with Crippen LogP contribution in [-0.4, -0.2) is 10.9 Å². The average Bonchev–Trinajstić information content (AvgIpc) is 2.77. The first-order valence-electron chi connectivity index (χ1n) is 6.91. The van der Waals surface area contributed by atoms with Gasteiger partial charge in [-0.3, -0.25) is 4.79 Å². The van der Waals surface area contributed by atoms with Crippen LogP contribution in [0.3, 0.4) is 0 Å². The molecule has 2 nitrogen and oxygen atoms in total. The quantitative estimate of drug-likeness (QED) is 0.463. The van der Waals surface area contributed by atoms with Gasteiger partial charge in [0.2, 0.25) is 0 Å². The van der Waals surface area contributed by atoms with Crippen molar-refractivity contribution in [2.75, 3.05) is 0 Å². The summed E-state index contributed by atoms with van der Waals surface area (Å²) in [4.78, 5) is 11.0. The topological polar surface area (TPSA) is 22.0 Å². The van der Waals surface area contributed by atoms with E-state index >= 15 is 0 Å². The normalized spacial score (nSPS) is 11.3. The number of carbonyl (C=O) groups excluding carboxylic acids is 1. The van der Waals surface area contributed by atoms with Crippen LogP contribution >= 0.6 is 22.6 Å². The predicted molar refractivity (Wildman–Crippen MR) is 92.5 cm³/mol. The van der Waals surface area contributed by atoms with Crippen molar-refractivity contribution in [1.29, 1.82) is 0 Å². The summed E-state index contributed by atoms with van der Waals surface area (Å²) in [6.45, 7) is 3.23. The number of fused-ring (bicyclic) bond motifs is 3. The highest BCUT2D eigenvalue weighted by molar-refractivity contribution is 14.1. The standard InChI is InChI=1S/C17H16INO/c1-2-3-8-19-16-6-4-12(11-20)9-14(16)15-10-13(18)5-7-17(15)19/h4-7,9-11H,2-3,8H2,1H3. The first-order chi connectivity index (χ1) is 9.74. The maximum absolute atomic E-state index is 11.0. The Kier molecular flexibility index (Phi) is 3.78. The highest BCUT2D eigenvalue weighted by atomic mass is 127. The van der Waals surface area contributed by atoms with Gasteiger partial charge in [-0.15, -0.1) is 0 Å². The molecule has 0 spiro atoms. The number of carbonyl (C=O) groups is 1. The highest BCUT2D eigenvalue weighted by Gasteiger charge is 2.11. The van der Waals surface area contributed by atoms with Crippen LogP contribution in [0.25, 0.3) is 21.8 Å². The molecule has 0 aliphatic heterocycles. The number of hydrogen-bond donors (Lipinski definition) is 0. The molecule has 0 bridgehead atoms. The molecule has 3 aromatic rings. The Balaban J connectivity index is 2.36. The van der Waals surface area contributed by atoms with E-state index in [4.69, 9.17) is 0 Å². The van der Waals surface area contributed by atoms with Gasteiger partial charge in [0.15, 0.2) is 0 Å². The van der Waals surface area contributed by atoms with Gasteiger partial charge < -0.3 is 4.57 Å². The van der Waals surface area contributed by atoms with Crippen LogP contribution in [0.2, 0.25) is 0 Å². The average molecular weight is 377 g/mol. The van der Waals surface area contributed by atoms with E-state index in [9.17, 15) is 4.79 Å². The molecule has 0 aliphatic carbocycles. The molecular formula is C17H16INO. The molecule has 102 valence electrons. The van der Waals surface area contributed by atoms with Crippen molar-refractivity contribution < 1.29 is 4.79 Å². The van der Waals surface area contributed by atoms with Gasteiger partial charge in [-0.05, 0) is 65.4 Å². The van der Waals surface area contributed by atoms with Crippen molar-refractivity contribution in [3.63, 3.8) is 0 Å². The fourth-order valence-corrected chi connectivity index (χ4v) is 3.22. The third-order valence-electron chi connectivity index (χ3n) is 3.72. The third-order valence-corrected chi connectivity index (χ3v) is 4.39. The van der Waals surface area contributed by atoms with E-state index in [0.717, 1.165) is 18.4 Å². The van der Waals surface area contributed by atoms with E-state index in [-0.39, 0.29) is 0 Å². The molecular weight excluding hydrogens is 361 g/mol. The molecule has 1 aromatic heterocycles. The van der Waals surface area contributed by atoms with Crippen molar-refractivity contribution >= 4 is 50.7 Å². The van der Waals surface area contributed by atoms with Crippen molar-refractivity contribution in [2.24, 2.45) is 0 Å². The summed E-state index contributed by atoms with van der Waals surface area (Å²) >= 11 is 2.34. The van der Waals surface area contributed by atoms with Crippen molar-refractivity contribution in [3.8, 4) is 0 Å². The molecule has 3 heteroatoms. The minimum atomic E-state index is 0.742. The largest absolute Gasteiger partial charge is 0.340 e. The Labute approximate surface area is 131 Å². The molecule has 0 unspecified atom stereocenters. The van der Waals surface area contributed by atoms with Crippen LogP contribution in [0.5, 0.6) is 0 Å². The fourth-order valence-electron chi connectivity index (χ4n) is 2.72. The van der Waals surface area contributed by atoms with Crippen LogP contribution in [0.15, 0.2) is 36.4 Å². The lowest BCUT2D eigenvalue weighted by molar-refractivity contribution is 0.112. The molecule has 0 atom stereocenters. The summed E-state index contributed by atoms with van der Waals surface area (Å²) in [7, 11) is 0. The van der Waals surface area contributed by atoms with Crippen LogP contribution in [-0.2, 0) is 6.54 Å². The van der Waals surface area contributed by atoms with Gasteiger partial charge in [0.1, 0.15) is 6.29 Å². The van der Waals surface area contributed by atoms with Crippen molar-refractivity contribution in [3.05, 3.63) is 45.5 Å². The Morgan fingerprint density at radius 2 is 1.80 bits per heavy atom. The molecule has 20 heavy (non-hydrogen) atoms. The van der Waals surface area contributed by atoms with E-state index in [1.165, 1.54) is 38.2 Å². The molecule has 0 aliphatic rings. The second-order valence-electron chi connectivity index (χ2n) is 5.06. The van der Waals surface area contributed by atoms with E-state index in [0.29, 0.717) is 0 Å². The first kappa shape index (κ1) is 13.6.